The van der Waals surface area contributed by atoms with E-state index in [1.165, 1.54) is 19.3 Å². The van der Waals surface area contributed by atoms with E-state index in [4.69, 9.17) is 5.73 Å². The summed E-state index contributed by atoms with van der Waals surface area (Å²) < 4.78 is 0. The van der Waals surface area contributed by atoms with Gasteiger partial charge in [0.1, 0.15) is 0 Å². The highest BCUT2D eigenvalue weighted by Crippen LogP contribution is 2.66. The van der Waals surface area contributed by atoms with Gasteiger partial charge in [-0.15, -0.1) is 0 Å². The molecule has 2 nitrogen and oxygen atoms in total. The standard InChI is InChI=1S/C18H37NO/c1-14(2,11-16(5,6)19)12-18(9-10-18)15(3,4)13-17(7,8)20/h20H,9-13,19H2,1-8H3. The Kier molecular flexibility index (Phi) is 4.48. The Balaban J connectivity index is 2.80. The molecule has 1 saturated carbocycles. The number of nitrogens with two attached hydrogens (primary N) is 1. The minimum Gasteiger partial charge on any atom is -0.390 e. The first-order valence-electron chi connectivity index (χ1n) is 8.09. The molecule has 0 bridgehead atoms. The molecular formula is C18H37NO. The van der Waals surface area contributed by atoms with E-state index in [0.29, 0.717) is 5.41 Å². The van der Waals surface area contributed by atoms with Crippen LogP contribution in [0.15, 0.2) is 0 Å². The number of hydrogen-bond acceptors (Lipinski definition) is 2. The summed E-state index contributed by atoms with van der Waals surface area (Å²) in [6, 6.07) is 0. The maximum atomic E-state index is 10.2. The molecule has 0 radical (unpaired) electrons. The summed E-state index contributed by atoms with van der Waals surface area (Å²) in [6.07, 6.45) is 5.71. The maximum Gasteiger partial charge on any atom is 0.0597 e. The summed E-state index contributed by atoms with van der Waals surface area (Å²) in [4.78, 5) is 0. The van der Waals surface area contributed by atoms with E-state index in [1.807, 2.05) is 13.8 Å². The number of hydrogen-bond donors (Lipinski definition) is 2. The van der Waals surface area contributed by atoms with E-state index in [-0.39, 0.29) is 16.4 Å². The van der Waals surface area contributed by atoms with Gasteiger partial charge in [-0.25, -0.2) is 0 Å². The Labute approximate surface area is 126 Å². The van der Waals surface area contributed by atoms with Gasteiger partial charge in [0.2, 0.25) is 0 Å². The summed E-state index contributed by atoms with van der Waals surface area (Å²) in [5.74, 6) is 0. The molecule has 20 heavy (non-hydrogen) atoms. The third kappa shape index (κ3) is 5.04. The first-order chi connectivity index (χ1) is 8.58. The molecule has 1 aliphatic rings. The summed E-state index contributed by atoms with van der Waals surface area (Å²) >= 11 is 0. The monoisotopic (exact) mass is 283 g/mol. The van der Waals surface area contributed by atoms with E-state index < -0.39 is 5.60 Å². The molecule has 0 spiro atoms. The zero-order valence-corrected chi connectivity index (χ0v) is 15.1. The van der Waals surface area contributed by atoms with Crippen molar-refractivity contribution in [3.05, 3.63) is 0 Å². The van der Waals surface area contributed by atoms with Gasteiger partial charge in [-0.05, 0) is 76.0 Å². The van der Waals surface area contributed by atoms with Crippen LogP contribution in [0.2, 0.25) is 0 Å². The zero-order chi connectivity index (χ0) is 16.0. The van der Waals surface area contributed by atoms with Crippen LogP contribution in [0, 0.1) is 16.2 Å². The van der Waals surface area contributed by atoms with Gasteiger partial charge in [0.15, 0.2) is 0 Å². The average Bonchev–Trinajstić information content (AvgIpc) is 2.73. The number of aliphatic hydroxyl groups is 1. The summed E-state index contributed by atoms with van der Waals surface area (Å²) in [7, 11) is 0. The molecule has 2 heteroatoms. The Morgan fingerprint density at radius 2 is 1.35 bits per heavy atom. The molecule has 120 valence electrons. The molecule has 0 unspecified atom stereocenters. The second-order valence-electron chi connectivity index (χ2n) is 10.2. The van der Waals surface area contributed by atoms with Crippen LogP contribution in [-0.2, 0) is 0 Å². The van der Waals surface area contributed by atoms with Crippen LogP contribution in [0.3, 0.4) is 0 Å². The minimum absolute atomic E-state index is 0.111. The fourth-order valence-corrected chi connectivity index (χ4v) is 4.72. The Morgan fingerprint density at radius 3 is 1.65 bits per heavy atom. The van der Waals surface area contributed by atoms with Crippen LogP contribution in [0.4, 0.5) is 0 Å². The zero-order valence-electron chi connectivity index (χ0n) is 15.1. The molecule has 1 aliphatic carbocycles. The molecule has 0 atom stereocenters. The molecule has 0 aromatic heterocycles. The smallest absolute Gasteiger partial charge is 0.0597 e. The molecular weight excluding hydrogens is 246 g/mol. The molecule has 0 amide bonds. The molecule has 0 aliphatic heterocycles. The van der Waals surface area contributed by atoms with Crippen molar-refractivity contribution < 1.29 is 5.11 Å². The lowest BCUT2D eigenvalue weighted by Crippen LogP contribution is -2.41. The van der Waals surface area contributed by atoms with Gasteiger partial charge in [-0.2, -0.15) is 0 Å². The van der Waals surface area contributed by atoms with Gasteiger partial charge in [0.05, 0.1) is 5.60 Å². The van der Waals surface area contributed by atoms with Crippen LogP contribution in [0.25, 0.3) is 0 Å². The minimum atomic E-state index is -0.587. The third-order valence-electron chi connectivity index (χ3n) is 4.91. The van der Waals surface area contributed by atoms with Crippen molar-refractivity contribution in [1.29, 1.82) is 0 Å². The van der Waals surface area contributed by atoms with Crippen molar-refractivity contribution in [2.24, 2.45) is 22.0 Å². The van der Waals surface area contributed by atoms with Gasteiger partial charge in [-0.1, -0.05) is 27.7 Å². The van der Waals surface area contributed by atoms with Gasteiger partial charge < -0.3 is 10.8 Å². The molecule has 0 aromatic rings. The lowest BCUT2D eigenvalue weighted by molar-refractivity contribution is -0.00927. The van der Waals surface area contributed by atoms with Crippen molar-refractivity contribution >= 4 is 0 Å². The van der Waals surface area contributed by atoms with E-state index in [0.717, 1.165) is 12.8 Å². The normalized spacial score (nSPS) is 20.1. The Hall–Kier alpha value is -0.0800. The fourth-order valence-electron chi connectivity index (χ4n) is 4.72. The molecule has 1 rings (SSSR count). The summed E-state index contributed by atoms with van der Waals surface area (Å²) in [5.41, 5.74) is 6.36. The molecule has 0 aromatic carbocycles. The van der Waals surface area contributed by atoms with Crippen LogP contribution >= 0.6 is 0 Å². The van der Waals surface area contributed by atoms with Crippen LogP contribution in [0.1, 0.15) is 87.5 Å². The fraction of sp³-hybridized carbons (Fsp3) is 1.00. The largest absolute Gasteiger partial charge is 0.390 e. The second-order valence-corrected chi connectivity index (χ2v) is 10.2. The van der Waals surface area contributed by atoms with Crippen molar-refractivity contribution in [1.82, 2.24) is 0 Å². The van der Waals surface area contributed by atoms with Crippen LogP contribution in [-0.4, -0.2) is 16.2 Å². The van der Waals surface area contributed by atoms with Gasteiger partial charge in [0, 0.05) is 5.54 Å². The maximum absolute atomic E-state index is 10.2. The highest BCUT2D eigenvalue weighted by atomic mass is 16.3. The second kappa shape index (κ2) is 4.98. The first-order valence-corrected chi connectivity index (χ1v) is 8.09. The van der Waals surface area contributed by atoms with E-state index in [2.05, 4.69) is 41.5 Å². The molecule has 0 heterocycles. The Bertz CT molecular complexity index is 337. The first kappa shape index (κ1) is 18.0. The van der Waals surface area contributed by atoms with E-state index in [9.17, 15) is 5.11 Å². The van der Waals surface area contributed by atoms with Crippen molar-refractivity contribution in [3.8, 4) is 0 Å². The van der Waals surface area contributed by atoms with Crippen molar-refractivity contribution in [3.63, 3.8) is 0 Å². The van der Waals surface area contributed by atoms with Crippen molar-refractivity contribution in [2.45, 2.75) is 98.6 Å². The summed E-state index contributed by atoms with van der Waals surface area (Å²) in [5, 5.41) is 10.2. The lowest BCUT2D eigenvalue weighted by atomic mass is 9.62. The molecule has 1 fully saturated rings. The number of rotatable bonds is 7. The van der Waals surface area contributed by atoms with Crippen LogP contribution in [0.5, 0.6) is 0 Å². The topological polar surface area (TPSA) is 46.2 Å². The summed E-state index contributed by atoms with van der Waals surface area (Å²) in [6.45, 7) is 17.5. The van der Waals surface area contributed by atoms with E-state index in [1.54, 1.807) is 0 Å². The predicted octanol–water partition coefficient (Wildman–Crippen LogP) is 4.50. The average molecular weight is 284 g/mol. The van der Waals surface area contributed by atoms with E-state index >= 15 is 0 Å². The highest BCUT2D eigenvalue weighted by Gasteiger charge is 2.56. The lowest BCUT2D eigenvalue weighted by Gasteiger charge is -2.44. The van der Waals surface area contributed by atoms with Gasteiger partial charge in [0.25, 0.3) is 0 Å². The SMILES string of the molecule is CC(C)(N)CC(C)(C)CC1(C(C)(C)CC(C)(C)O)CC1. The van der Waals surface area contributed by atoms with Gasteiger partial charge in [-0.3, -0.25) is 0 Å². The third-order valence-corrected chi connectivity index (χ3v) is 4.91. The quantitative estimate of drug-likeness (QED) is 0.722. The Morgan fingerprint density at radius 1 is 0.900 bits per heavy atom. The van der Waals surface area contributed by atoms with Crippen LogP contribution < -0.4 is 5.73 Å². The highest BCUT2D eigenvalue weighted by molar-refractivity contribution is 5.07. The molecule has 0 saturated heterocycles. The molecule has 3 N–H and O–H groups in total. The van der Waals surface area contributed by atoms with Crippen molar-refractivity contribution in [2.75, 3.05) is 0 Å². The predicted molar refractivity (Wildman–Crippen MR) is 87.6 cm³/mol. The van der Waals surface area contributed by atoms with Gasteiger partial charge >= 0.3 is 0 Å².